The van der Waals surface area contributed by atoms with Crippen LogP contribution in [-0.4, -0.2) is 22.2 Å². The highest BCUT2D eigenvalue weighted by Gasteiger charge is 2.11. The van der Waals surface area contributed by atoms with Crippen LogP contribution in [0, 0.1) is 0 Å². The Kier molecular flexibility index (Phi) is 5.57. The number of halogens is 1. The number of amides is 1. The molecule has 0 saturated carbocycles. The lowest BCUT2D eigenvalue weighted by Crippen LogP contribution is -2.30. The molecule has 1 aromatic carbocycles. The van der Waals surface area contributed by atoms with Gasteiger partial charge < -0.3 is 10.6 Å². The summed E-state index contributed by atoms with van der Waals surface area (Å²) < 4.78 is 1.78. The predicted molar refractivity (Wildman–Crippen MR) is 89.1 cm³/mol. The van der Waals surface area contributed by atoms with E-state index < -0.39 is 0 Å². The van der Waals surface area contributed by atoms with Gasteiger partial charge in [0.25, 0.3) is 0 Å². The molecule has 0 aliphatic heterocycles. The predicted octanol–water partition coefficient (Wildman–Crippen LogP) is 3.41. The van der Waals surface area contributed by atoms with Gasteiger partial charge in [0, 0.05) is 23.2 Å². The first-order valence-corrected chi connectivity index (χ1v) is 7.67. The van der Waals surface area contributed by atoms with Crippen molar-refractivity contribution in [2.24, 2.45) is 0 Å². The smallest absolute Gasteiger partial charge is 0.239 e. The zero-order chi connectivity index (χ0) is 16.1. The van der Waals surface area contributed by atoms with Gasteiger partial charge >= 0.3 is 0 Å². The lowest BCUT2D eigenvalue weighted by atomic mass is 10.1. The Balaban J connectivity index is 1.87. The first kappa shape index (κ1) is 16.5. The van der Waals surface area contributed by atoms with E-state index in [1.165, 1.54) is 0 Å². The van der Waals surface area contributed by atoms with Crippen LogP contribution in [0.2, 0.25) is 5.02 Å². The van der Waals surface area contributed by atoms with E-state index >= 15 is 0 Å². The molecular formula is C16H21ClN4O. The summed E-state index contributed by atoms with van der Waals surface area (Å²) in [5.74, 6) is 0.615. The van der Waals surface area contributed by atoms with Crippen LogP contribution >= 0.6 is 11.6 Å². The lowest BCUT2D eigenvalue weighted by molar-refractivity contribution is -0.115. The van der Waals surface area contributed by atoms with Crippen molar-refractivity contribution in [1.82, 2.24) is 15.1 Å². The molecule has 1 unspecified atom stereocenters. The molecule has 0 aliphatic carbocycles. The molecule has 22 heavy (non-hydrogen) atoms. The lowest BCUT2D eigenvalue weighted by Gasteiger charge is -2.15. The van der Waals surface area contributed by atoms with E-state index in [-0.39, 0.29) is 24.5 Å². The van der Waals surface area contributed by atoms with E-state index in [1.54, 1.807) is 16.9 Å². The molecule has 6 heteroatoms. The number of benzene rings is 1. The van der Waals surface area contributed by atoms with Crippen LogP contribution in [0.5, 0.6) is 0 Å². The SMILES string of the molecule is CC(NCC(=O)Nc1ccnn1C(C)C)c1ccc(Cl)cc1. The molecule has 2 aromatic rings. The van der Waals surface area contributed by atoms with E-state index in [2.05, 4.69) is 15.7 Å². The fourth-order valence-corrected chi connectivity index (χ4v) is 2.25. The standard InChI is InChI=1S/C16H21ClN4O/c1-11(2)21-15(8-9-19-21)20-16(22)10-18-12(3)13-4-6-14(17)7-5-13/h4-9,11-12,18H,10H2,1-3H3,(H,20,22). The summed E-state index contributed by atoms with van der Waals surface area (Å²) in [5.41, 5.74) is 1.09. The third kappa shape index (κ3) is 4.32. The van der Waals surface area contributed by atoms with Gasteiger partial charge in [0.2, 0.25) is 5.91 Å². The maximum atomic E-state index is 12.0. The molecule has 118 valence electrons. The summed E-state index contributed by atoms with van der Waals surface area (Å²) in [4.78, 5) is 12.0. The highest BCUT2D eigenvalue weighted by molar-refractivity contribution is 6.30. The van der Waals surface area contributed by atoms with Crippen molar-refractivity contribution >= 4 is 23.3 Å². The summed E-state index contributed by atoms with van der Waals surface area (Å²) in [5, 5.41) is 11.0. The van der Waals surface area contributed by atoms with Gasteiger partial charge in [-0.15, -0.1) is 0 Å². The van der Waals surface area contributed by atoms with Gasteiger partial charge in [-0.05, 0) is 38.5 Å². The highest BCUT2D eigenvalue weighted by atomic mass is 35.5. The number of aromatic nitrogens is 2. The first-order valence-electron chi connectivity index (χ1n) is 7.29. The molecular weight excluding hydrogens is 300 g/mol. The van der Waals surface area contributed by atoms with Crippen LogP contribution in [0.4, 0.5) is 5.82 Å². The molecule has 1 amide bonds. The maximum absolute atomic E-state index is 12.0. The van der Waals surface area contributed by atoms with Gasteiger partial charge in [0.15, 0.2) is 0 Å². The van der Waals surface area contributed by atoms with Crippen molar-refractivity contribution in [2.75, 3.05) is 11.9 Å². The molecule has 1 atom stereocenters. The van der Waals surface area contributed by atoms with Crippen LogP contribution < -0.4 is 10.6 Å². The number of nitrogens with zero attached hydrogens (tertiary/aromatic N) is 2. The molecule has 1 heterocycles. The van der Waals surface area contributed by atoms with E-state index in [0.717, 1.165) is 5.56 Å². The second kappa shape index (κ2) is 7.42. The van der Waals surface area contributed by atoms with Gasteiger partial charge in [-0.3, -0.25) is 4.79 Å². The zero-order valence-electron chi connectivity index (χ0n) is 13.0. The highest BCUT2D eigenvalue weighted by Crippen LogP contribution is 2.16. The Morgan fingerprint density at radius 1 is 1.23 bits per heavy atom. The average molecular weight is 321 g/mol. The number of rotatable bonds is 6. The average Bonchev–Trinajstić information content (AvgIpc) is 2.94. The monoisotopic (exact) mass is 320 g/mol. The Hall–Kier alpha value is -1.85. The van der Waals surface area contributed by atoms with Gasteiger partial charge in [-0.2, -0.15) is 5.10 Å². The van der Waals surface area contributed by atoms with Crippen molar-refractivity contribution in [3.63, 3.8) is 0 Å². The molecule has 5 nitrogen and oxygen atoms in total. The van der Waals surface area contributed by atoms with Gasteiger partial charge in [0.1, 0.15) is 5.82 Å². The van der Waals surface area contributed by atoms with Crippen LogP contribution in [0.1, 0.15) is 38.4 Å². The molecule has 0 spiro atoms. The maximum Gasteiger partial charge on any atom is 0.239 e. The topological polar surface area (TPSA) is 59.0 Å². The molecule has 2 rings (SSSR count). The van der Waals surface area contributed by atoms with Crippen LogP contribution in [-0.2, 0) is 4.79 Å². The number of carbonyl (C=O) groups is 1. The molecule has 0 saturated heterocycles. The van der Waals surface area contributed by atoms with Crippen molar-refractivity contribution in [1.29, 1.82) is 0 Å². The summed E-state index contributed by atoms with van der Waals surface area (Å²) >= 11 is 5.87. The largest absolute Gasteiger partial charge is 0.310 e. The normalized spacial score (nSPS) is 12.4. The first-order chi connectivity index (χ1) is 10.5. The van der Waals surface area contributed by atoms with Gasteiger partial charge in [-0.25, -0.2) is 4.68 Å². The summed E-state index contributed by atoms with van der Waals surface area (Å²) in [6.07, 6.45) is 1.68. The molecule has 0 bridgehead atoms. The molecule has 0 aliphatic rings. The second-order valence-corrected chi connectivity index (χ2v) is 5.89. The Bertz CT molecular complexity index is 621. The summed E-state index contributed by atoms with van der Waals surface area (Å²) in [6, 6.07) is 9.65. The molecule has 2 N–H and O–H groups in total. The van der Waals surface area contributed by atoms with E-state index in [4.69, 9.17) is 11.6 Å². The number of hydrogen-bond donors (Lipinski definition) is 2. The molecule has 0 fully saturated rings. The van der Waals surface area contributed by atoms with Crippen LogP contribution in [0.15, 0.2) is 36.5 Å². The number of hydrogen-bond acceptors (Lipinski definition) is 3. The minimum absolute atomic E-state index is 0.0676. The van der Waals surface area contributed by atoms with Crippen molar-refractivity contribution in [3.05, 3.63) is 47.1 Å². The van der Waals surface area contributed by atoms with E-state index in [1.807, 2.05) is 45.0 Å². The summed E-state index contributed by atoms with van der Waals surface area (Å²) in [7, 11) is 0. The second-order valence-electron chi connectivity index (χ2n) is 5.46. The minimum atomic E-state index is -0.0942. The van der Waals surface area contributed by atoms with Crippen LogP contribution in [0.3, 0.4) is 0 Å². The van der Waals surface area contributed by atoms with Gasteiger partial charge in [0.05, 0.1) is 12.7 Å². The Labute approximate surface area is 135 Å². The Morgan fingerprint density at radius 3 is 2.55 bits per heavy atom. The van der Waals surface area contributed by atoms with Crippen molar-refractivity contribution < 1.29 is 4.79 Å². The Morgan fingerprint density at radius 2 is 1.91 bits per heavy atom. The quantitative estimate of drug-likeness (QED) is 0.857. The molecule has 1 aromatic heterocycles. The minimum Gasteiger partial charge on any atom is -0.310 e. The zero-order valence-corrected chi connectivity index (χ0v) is 13.8. The fourth-order valence-electron chi connectivity index (χ4n) is 2.13. The number of carbonyl (C=O) groups excluding carboxylic acids is 1. The van der Waals surface area contributed by atoms with Crippen molar-refractivity contribution in [3.8, 4) is 0 Å². The molecule has 0 radical (unpaired) electrons. The third-order valence-corrected chi connectivity index (χ3v) is 3.62. The van der Waals surface area contributed by atoms with Crippen molar-refractivity contribution in [2.45, 2.75) is 32.9 Å². The number of anilines is 1. The van der Waals surface area contributed by atoms with E-state index in [9.17, 15) is 4.79 Å². The summed E-state index contributed by atoms with van der Waals surface area (Å²) in [6.45, 7) is 6.27. The third-order valence-electron chi connectivity index (χ3n) is 3.37. The van der Waals surface area contributed by atoms with E-state index in [0.29, 0.717) is 10.8 Å². The number of nitrogens with one attached hydrogen (secondary N) is 2. The van der Waals surface area contributed by atoms with Gasteiger partial charge in [-0.1, -0.05) is 23.7 Å². The fraction of sp³-hybridized carbons (Fsp3) is 0.375. The van der Waals surface area contributed by atoms with Crippen LogP contribution in [0.25, 0.3) is 0 Å².